The number of likely N-dealkylation sites (tertiary alicyclic amines) is 1. The lowest BCUT2D eigenvalue weighted by Gasteiger charge is -2.37. The minimum atomic E-state index is -4.51. The van der Waals surface area contributed by atoms with Crippen molar-refractivity contribution in [3.05, 3.63) is 0 Å². The smallest absolute Gasteiger partial charge is 0.410 e. The van der Waals surface area contributed by atoms with Gasteiger partial charge in [-0.25, -0.2) is 4.79 Å². The highest BCUT2D eigenvalue weighted by Gasteiger charge is 2.48. The van der Waals surface area contributed by atoms with Gasteiger partial charge in [-0.05, 0) is 27.2 Å². The van der Waals surface area contributed by atoms with Gasteiger partial charge in [0.25, 0.3) is 0 Å². The summed E-state index contributed by atoms with van der Waals surface area (Å²) in [5.41, 5.74) is -0.749. The van der Waals surface area contributed by atoms with Crippen molar-refractivity contribution in [1.29, 1.82) is 0 Å². The van der Waals surface area contributed by atoms with Gasteiger partial charge in [-0.1, -0.05) is 0 Å². The van der Waals surface area contributed by atoms with Crippen molar-refractivity contribution in [2.24, 2.45) is 5.92 Å². The van der Waals surface area contributed by atoms with E-state index < -0.39 is 36.4 Å². The summed E-state index contributed by atoms with van der Waals surface area (Å²) in [6.45, 7) is 4.45. The molecule has 7 heteroatoms. The Labute approximate surface area is 104 Å². The van der Waals surface area contributed by atoms with E-state index >= 15 is 0 Å². The number of hydrogen-bond donors (Lipinski definition) is 1. The molecule has 0 aromatic rings. The van der Waals surface area contributed by atoms with Crippen molar-refractivity contribution in [1.82, 2.24) is 4.90 Å². The second kappa shape index (κ2) is 4.95. The fraction of sp³-hybridized carbons (Fsp3) is 0.909. The first-order chi connectivity index (χ1) is 8.00. The normalized spacial score (nSPS) is 26.1. The first kappa shape index (κ1) is 15.1. The monoisotopic (exact) mass is 269 g/mol. The highest BCUT2D eigenvalue weighted by atomic mass is 19.4. The minimum absolute atomic E-state index is 0.0721. The van der Waals surface area contributed by atoms with Gasteiger partial charge in [0, 0.05) is 13.1 Å². The predicted octanol–water partition coefficient (Wildman–Crippen LogP) is 2.17. The second-order valence-electron chi connectivity index (χ2n) is 5.43. The molecule has 0 aliphatic carbocycles. The fourth-order valence-corrected chi connectivity index (χ4v) is 1.75. The molecule has 1 fully saturated rings. The number of amides is 1. The molecule has 106 valence electrons. The quantitative estimate of drug-likeness (QED) is 0.733. The van der Waals surface area contributed by atoms with E-state index in [1.807, 2.05) is 0 Å². The van der Waals surface area contributed by atoms with Gasteiger partial charge in [0.2, 0.25) is 0 Å². The topological polar surface area (TPSA) is 49.8 Å². The van der Waals surface area contributed by atoms with Gasteiger partial charge in [-0.15, -0.1) is 0 Å². The van der Waals surface area contributed by atoms with Crippen LogP contribution in [0.3, 0.4) is 0 Å². The van der Waals surface area contributed by atoms with Crippen LogP contribution in [0.4, 0.5) is 18.0 Å². The van der Waals surface area contributed by atoms with Crippen molar-refractivity contribution in [2.45, 2.75) is 45.1 Å². The summed E-state index contributed by atoms with van der Waals surface area (Å²) in [6, 6.07) is 0. The number of carbonyl (C=O) groups excluding carboxylic acids is 1. The van der Waals surface area contributed by atoms with Crippen molar-refractivity contribution >= 4 is 6.09 Å². The van der Waals surface area contributed by atoms with Gasteiger partial charge < -0.3 is 14.7 Å². The molecule has 0 saturated carbocycles. The Morgan fingerprint density at radius 2 is 1.89 bits per heavy atom. The molecule has 1 rings (SSSR count). The summed E-state index contributed by atoms with van der Waals surface area (Å²) in [4.78, 5) is 12.6. The molecule has 1 aliphatic rings. The molecule has 0 spiro atoms. The molecule has 18 heavy (non-hydrogen) atoms. The molecule has 0 aromatic carbocycles. The number of halogens is 3. The Morgan fingerprint density at radius 1 is 1.33 bits per heavy atom. The zero-order chi connectivity index (χ0) is 14.1. The van der Waals surface area contributed by atoms with Crippen LogP contribution in [-0.2, 0) is 4.74 Å². The number of carbonyl (C=O) groups is 1. The largest absolute Gasteiger partial charge is 0.444 e. The van der Waals surface area contributed by atoms with E-state index in [4.69, 9.17) is 4.74 Å². The molecule has 0 aromatic heterocycles. The van der Waals surface area contributed by atoms with Gasteiger partial charge in [0.15, 0.2) is 0 Å². The van der Waals surface area contributed by atoms with E-state index in [-0.39, 0.29) is 13.0 Å². The zero-order valence-electron chi connectivity index (χ0n) is 10.6. The molecular weight excluding hydrogens is 251 g/mol. The van der Waals surface area contributed by atoms with Gasteiger partial charge in [0.05, 0.1) is 12.0 Å². The summed E-state index contributed by atoms with van der Waals surface area (Å²) >= 11 is 0. The summed E-state index contributed by atoms with van der Waals surface area (Å²) in [5, 5.41) is 9.34. The molecule has 1 heterocycles. The molecule has 1 saturated heterocycles. The van der Waals surface area contributed by atoms with Gasteiger partial charge in [0.1, 0.15) is 5.60 Å². The number of rotatable bonds is 0. The Balaban J connectivity index is 2.68. The average molecular weight is 269 g/mol. The van der Waals surface area contributed by atoms with Gasteiger partial charge in [-0.2, -0.15) is 13.2 Å². The summed E-state index contributed by atoms with van der Waals surface area (Å²) in [5.74, 6) is -1.90. The lowest BCUT2D eigenvalue weighted by molar-refractivity contribution is -0.211. The summed E-state index contributed by atoms with van der Waals surface area (Å²) in [7, 11) is 0. The second-order valence-corrected chi connectivity index (χ2v) is 5.43. The van der Waals surface area contributed by atoms with Crippen molar-refractivity contribution in [3.63, 3.8) is 0 Å². The Morgan fingerprint density at radius 3 is 2.33 bits per heavy atom. The molecule has 1 amide bonds. The van der Waals surface area contributed by atoms with Crippen molar-refractivity contribution in [3.8, 4) is 0 Å². The maximum Gasteiger partial charge on any atom is 0.410 e. The first-order valence-electron chi connectivity index (χ1n) is 5.73. The van der Waals surface area contributed by atoms with Crippen LogP contribution in [0.2, 0.25) is 0 Å². The third-order valence-corrected chi connectivity index (χ3v) is 2.65. The third-order valence-electron chi connectivity index (χ3n) is 2.65. The molecule has 0 radical (unpaired) electrons. The number of hydrogen-bond acceptors (Lipinski definition) is 3. The number of aliphatic hydroxyl groups excluding tert-OH is 1. The maximum absolute atomic E-state index is 12.6. The highest BCUT2D eigenvalue weighted by molar-refractivity contribution is 5.68. The number of piperidine rings is 1. The van der Waals surface area contributed by atoms with Crippen LogP contribution in [0.1, 0.15) is 27.2 Å². The molecule has 0 unspecified atom stereocenters. The fourth-order valence-electron chi connectivity index (χ4n) is 1.75. The zero-order valence-corrected chi connectivity index (χ0v) is 10.6. The number of alkyl halides is 3. The molecule has 0 bridgehead atoms. The van der Waals surface area contributed by atoms with Crippen LogP contribution in [0, 0.1) is 5.92 Å². The molecule has 1 N–H and O–H groups in total. The standard InChI is InChI=1S/C11H18F3NO3/c1-10(2,3)18-9(17)15-5-4-8(16)7(6-15)11(12,13)14/h7-8,16H,4-6H2,1-3H3/t7-,8-/m1/s1. The maximum atomic E-state index is 12.6. The third kappa shape index (κ3) is 4.04. The van der Waals surface area contributed by atoms with Crippen LogP contribution < -0.4 is 0 Å². The lowest BCUT2D eigenvalue weighted by atomic mass is 9.94. The summed E-state index contributed by atoms with van der Waals surface area (Å²) in [6.07, 6.45) is -6.84. The Bertz CT molecular complexity index is 312. The molecule has 1 aliphatic heterocycles. The average Bonchev–Trinajstić information content (AvgIpc) is 2.13. The number of ether oxygens (including phenoxy) is 1. The lowest BCUT2D eigenvalue weighted by Crippen LogP contribution is -2.52. The van der Waals surface area contributed by atoms with E-state index in [2.05, 4.69) is 0 Å². The Kier molecular flexibility index (Phi) is 4.15. The minimum Gasteiger partial charge on any atom is -0.444 e. The van der Waals surface area contributed by atoms with Crippen LogP contribution in [-0.4, -0.2) is 47.1 Å². The molecule has 2 atom stereocenters. The van der Waals surface area contributed by atoms with Crippen LogP contribution in [0.25, 0.3) is 0 Å². The highest BCUT2D eigenvalue weighted by Crippen LogP contribution is 2.33. The van der Waals surface area contributed by atoms with E-state index in [1.165, 1.54) is 0 Å². The van der Waals surface area contributed by atoms with E-state index in [0.717, 1.165) is 4.90 Å². The number of aliphatic hydroxyl groups is 1. The van der Waals surface area contributed by atoms with Crippen molar-refractivity contribution in [2.75, 3.05) is 13.1 Å². The van der Waals surface area contributed by atoms with E-state index in [0.29, 0.717) is 0 Å². The van der Waals surface area contributed by atoms with E-state index in [9.17, 15) is 23.1 Å². The predicted molar refractivity (Wildman–Crippen MR) is 58.0 cm³/mol. The van der Waals surface area contributed by atoms with E-state index in [1.54, 1.807) is 20.8 Å². The van der Waals surface area contributed by atoms with Crippen LogP contribution in [0.5, 0.6) is 0 Å². The van der Waals surface area contributed by atoms with Crippen LogP contribution >= 0.6 is 0 Å². The van der Waals surface area contributed by atoms with Gasteiger partial charge >= 0.3 is 12.3 Å². The molecular formula is C11H18F3NO3. The first-order valence-corrected chi connectivity index (χ1v) is 5.73. The summed E-state index contributed by atoms with van der Waals surface area (Å²) < 4.78 is 42.9. The SMILES string of the molecule is CC(C)(C)OC(=O)N1CC[C@@H](O)[C@H](C(F)(F)F)C1. The Hall–Kier alpha value is -0.980. The van der Waals surface area contributed by atoms with Crippen molar-refractivity contribution < 1.29 is 27.8 Å². The van der Waals surface area contributed by atoms with Crippen LogP contribution in [0.15, 0.2) is 0 Å². The number of nitrogens with zero attached hydrogens (tertiary/aromatic N) is 1. The molecule has 4 nitrogen and oxygen atoms in total. The van der Waals surface area contributed by atoms with Gasteiger partial charge in [-0.3, -0.25) is 0 Å².